The van der Waals surface area contributed by atoms with Gasteiger partial charge in [0.1, 0.15) is 34.9 Å². The Hall–Kier alpha value is -4.02. The van der Waals surface area contributed by atoms with Crippen molar-refractivity contribution in [2.24, 2.45) is 0 Å². The Morgan fingerprint density at radius 3 is 2.41 bits per heavy atom. The smallest absolute Gasteiger partial charge is 0.435 e. The summed E-state index contributed by atoms with van der Waals surface area (Å²) in [6, 6.07) is 9.63. The fourth-order valence-electron chi connectivity index (χ4n) is 5.87. The number of alkyl halides is 1. The molecule has 1 saturated heterocycles. The molecule has 2 amide bonds. The maximum absolute atomic E-state index is 14.8. The maximum atomic E-state index is 14.8. The molecule has 3 heterocycles. The largest absolute Gasteiger partial charge is 0.497 e. The number of methoxy groups -OCH3 is 1. The van der Waals surface area contributed by atoms with Gasteiger partial charge in [-0.05, 0) is 63.4 Å². The summed E-state index contributed by atoms with van der Waals surface area (Å²) in [4.78, 5) is 46.0. The summed E-state index contributed by atoms with van der Waals surface area (Å²) in [6.07, 6.45) is 3.42. The molecule has 5 rings (SSSR count). The molecular weight excluding hydrogens is 529 g/mol. The molecule has 3 aromatic rings. The van der Waals surface area contributed by atoms with E-state index in [0.29, 0.717) is 29.6 Å². The van der Waals surface area contributed by atoms with Crippen LogP contribution in [0.25, 0.3) is 11.0 Å². The Morgan fingerprint density at radius 2 is 1.76 bits per heavy atom. The zero-order chi connectivity index (χ0) is 29.4. The molecule has 2 atom stereocenters. The van der Waals surface area contributed by atoms with Gasteiger partial charge in [0.25, 0.3) is 0 Å². The van der Waals surface area contributed by atoms with Crippen molar-refractivity contribution < 1.29 is 28.2 Å². The summed E-state index contributed by atoms with van der Waals surface area (Å²) < 4.78 is 26.6. The Labute approximate surface area is 238 Å². The maximum Gasteiger partial charge on any atom is 0.435 e. The van der Waals surface area contributed by atoms with Crippen molar-refractivity contribution in [2.75, 3.05) is 19.0 Å². The molecule has 41 heavy (non-hydrogen) atoms. The van der Waals surface area contributed by atoms with Crippen molar-refractivity contribution in [1.29, 1.82) is 0 Å². The molecule has 0 spiro atoms. The van der Waals surface area contributed by atoms with Gasteiger partial charge in [-0.2, -0.15) is 9.78 Å². The second-order valence-electron chi connectivity index (χ2n) is 11.8. The van der Waals surface area contributed by atoms with E-state index in [1.165, 1.54) is 17.2 Å². The van der Waals surface area contributed by atoms with Crippen LogP contribution in [0.5, 0.6) is 5.75 Å². The fraction of sp³-hybridized carbons (Fsp3) is 0.500. The standard InChI is InChI=1S/C30H36FN5O5/c1-29(2,3)41-28(39)36-23-12-13-25(33-22(23)17-32-36)34-26(37)24-16-20(31)18-35(24)27(38)30(14-6-5-7-15-30)19-8-10-21(40-4)11-9-19/h8-13,17,20,24H,5-7,14-16,18H2,1-4H3,(H,33,34,37)/t20-,24-/m1/s1. The van der Waals surface area contributed by atoms with Crippen LogP contribution in [0.2, 0.25) is 0 Å². The molecule has 1 saturated carbocycles. The van der Waals surface area contributed by atoms with Crippen molar-refractivity contribution in [2.45, 2.75) is 82.5 Å². The molecule has 1 N–H and O–H groups in total. The first kappa shape index (κ1) is 28.5. The van der Waals surface area contributed by atoms with Gasteiger partial charge in [0.05, 0.1) is 30.8 Å². The van der Waals surface area contributed by atoms with E-state index in [1.807, 2.05) is 24.3 Å². The van der Waals surface area contributed by atoms with Gasteiger partial charge in [0, 0.05) is 6.42 Å². The SMILES string of the molecule is COc1ccc(C2(C(=O)N3C[C@H](F)C[C@@H]3C(=O)Nc3ccc4c(cnn4C(=O)OC(C)(C)C)n3)CCCCC2)cc1. The number of amides is 2. The highest BCUT2D eigenvalue weighted by Gasteiger charge is 2.49. The van der Waals surface area contributed by atoms with Gasteiger partial charge >= 0.3 is 6.09 Å². The number of benzene rings is 1. The normalized spacial score (nSPS) is 20.6. The highest BCUT2D eigenvalue weighted by molar-refractivity contribution is 6.00. The van der Waals surface area contributed by atoms with Gasteiger partial charge in [-0.3, -0.25) is 9.59 Å². The third-order valence-electron chi connectivity index (χ3n) is 7.82. The van der Waals surface area contributed by atoms with Gasteiger partial charge in [0.15, 0.2) is 0 Å². The number of carbonyl (C=O) groups excluding carboxylic acids is 3. The Kier molecular flexibility index (Phi) is 7.72. The minimum atomic E-state index is -1.31. The molecule has 10 nitrogen and oxygen atoms in total. The summed E-state index contributed by atoms with van der Waals surface area (Å²) in [5, 5.41) is 6.83. The number of likely N-dealkylation sites (tertiary alicyclic amines) is 1. The molecule has 1 aromatic carbocycles. The monoisotopic (exact) mass is 565 g/mol. The Balaban J connectivity index is 1.37. The van der Waals surface area contributed by atoms with Gasteiger partial charge < -0.3 is 19.7 Å². The second kappa shape index (κ2) is 11.1. The first-order valence-electron chi connectivity index (χ1n) is 14.0. The number of fused-ring (bicyclic) bond motifs is 1. The lowest BCUT2D eigenvalue weighted by Gasteiger charge is -2.40. The highest BCUT2D eigenvalue weighted by Crippen LogP contribution is 2.43. The number of carbonyl (C=O) groups is 3. The third-order valence-corrected chi connectivity index (χ3v) is 7.82. The van der Waals surface area contributed by atoms with Crippen LogP contribution in [0.3, 0.4) is 0 Å². The number of anilines is 1. The molecule has 2 aromatic heterocycles. The average Bonchev–Trinajstić information content (AvgIpc) is 3.55. The number of pyridine rings is 1. The summed E-state index contributed by atoms with van der Waals surface area (Å²) in [6.45, 7) is 5.14. The van der Waals surface area contributed by atoms with Crippen LogP contribution in [0, 0.1) is 0 Å². The van der Waals surface area contributed by atoms with Crippen LogP contribution >= 0.6 is 0 Å². The number of aromatic nitrogens is 3. The molecule has 11 heteroatoms. The first-order valence-corrected chi connectivity index (χ1v) is 14.0. The molecule has 2 aliphatic rings. The van der Waals surface area contributed by atoms with Crippen molar-refractivity contribution in [3.8, 4) is 5.75 Å². The molecule has 2 fully saturated rings. The van der Waals surface area contributed by atoms with Crippen LogP contribution < -0.4 is 10.1 Å². The lowest BCUT2D eigenvalue weighted by molar-refractivity contribution is -0.143. The Morgan fingerprint density at radius 1 is 1.05 bits per heavy atom. The number of halogens is 1. The second-order valence-corrected chi connectivity index (χ2v) is 11.8. The van der Waals surface area contributed by atoms with E-state index in [-0.39, 0.29) is 24.7 Å². The van der Waals surface area contributed by atoms with E-state index in [9.17, 15) is 18.8 Å². The first-order chi connectivity index (χ1) is 19.5. The molecule has 218 valence electrons. The molecule has 1 aliphatic carbocycles. The predicted octanol–water partition coefficient (Wildman–Crippen LogP) is 5.00. The van der Waals surface area contributed by atoms with E-state index in [2.05, 4.69) is 15.4 Å². The van der Waals surface area contributed by atoms with Crippen molar-refractivity contribution >= 4 is 34.8 Å². The number of nitrogens with zero attached hydrogens (tertiary/aromatic N) is 4. The van der Waals surface area contributed by atoms with E-state index in [1.54, 1.807) is 33.9 Å². The van der Waals surface area contributed by atoms with Crippen molar-refractivity contribution in [3.63, 3.8) is 0 Å². The van der Waals surface area contributed by atoms with E-state index < -0.39 is 35.2 Å². The molecule has 0 bridgehead atoms. The van der Waals surface area contributed by atoms with Gasteiger partial charge in [-0.1, -0.05) is 31.4 Å². The number of nitrogens with one attached hydrogen (secondary N) is 1. The van der Waals surface area contributed by atoms with Crippen molar-refractivity contribution in [3.05, 3.63) is 48.2 Å². The van der Waals surface area contributed by atoms with Gasteiger partial charge in [0.2, 0.25) is 11.8 Å². The highest BCUT2D eigenvalue weighted by atomic mass is 19.1. The van der Waals surface area contributed by atoms with Crippen LogP contribution in [0.1, 0.15) is 64.9 Å². The summed E-state index contributed by atoms with van der Waals surface area (Å²) in [7, 11) is 1.59. The molecule has 0 radical (unpaired) electrons. The summed E-state index contributed by atoms with van der Waals surface area (Å²) in [5.74, 6) is 0.175. The van der Waals surface area contributed by atoms with E-state index in [0.717, 1.165) is 29.5 Å². The molecule has 1 aliphatic heterocycles. The number of ether oxygens (including phenoxy) is 2. The molecule has 0 unspecified atom stereocenters. The molecular formula is C30H36FN5O5. The fourth-order valence-corrected chi connectivity index (χ4v) is 5.87. The minimum absolute atomic E-state index is 0.0882. The minimum Gasteiger partial charge on any atom is -0.497 e. The third kappa shape index (κ3) is 5.75. The van der Waals surface area contributed by atoms with Crippen LogP contribution in [0.15, 0.2) is 42.6 Å². The topological polar surface area (TPSA) is 116 Å². The van der Waals surface area contributed by atoms with Crippen LogP contribution in [-0.2, 0) is 19.7 Å². The van der Waals surface area contributed by atoms with Crippen LogP contribution in [0.4, 0.5) is 15.0 Å². The predicted molar refractivity (Wildman–Crippen MR) is 151 cm³/mol. The number of rotatable bonds is 5. The number of hydrogen-bond donors (Lipinski definition) is 1. The van der Waals surface area contributed by atoms with Gasteiger partial charge in [-0.25, -0.2) is 14.2 Å². The number of hydrogen-bond acceptors (Lipinski definition) is 7. The lowest BCUT2D eigenvalue weighted by Crippen LogP contribution is -2.52. The van der Waals surface area contributed by atoms with Crippen molar-refractivity contribution in [1.82, 2.24) is 19.7 Å². The van der Waals surface area contributed by atoms with E-state index in [4.69, 9.17) is 9.47 Å². The average molecular weight is 566 g/mol. The quantitative estimate of drug-likeness (QED) is 0.463. The van der Waals surface area contributed by atoms with Gasteiger partial charge in [-0.15, -0.1) is 0 Å². The Bertz CT molecular complexity index is 1440. The van der Waals surface area contributed by atoms with Crippen LogP contribution in [-0.4, -0.2) is 69.0 Å². The van der Waals surface area contributed by atoms with E-state index >= 15 is 0 Å². The summed E-state index contributed by atoms with van der Waals surface area (Å²) >= 11 is 0. The summed E-state index contributed by atoms with van der Waals surface area (Å²) in [5.41, 5.74) is 0.132. The lowest BCUT2D eigenvalue weighted by atomic mass is 9.68. The zero-order valence-corrected chi connectivity index (χ0v) is 23.9. The zero-order valence-electron chi connectivity index (χ0n) is 23.9.